The van der Waals surface area contributed by atoms with E-state index in [0.29, 0.717) is 12.2 Å². The maximum atomic E-state index is 11.3. The van der Waals surface area contributed by atoms with Gasteiger partial charge in [-0.2, -0.15) is 0 Å². The van der Waals surface area contributed by atoms with Crippen molar-refractivity contribution in [2.45, 2.75) is 26.2 Å². The summed E-state index contributed by atoms with van der Waals surface area (Å²) in [6, 6.07) is 23.3. The lowest BCUT2D eigenvalue weighted by Crippen LogP contribution is -2.08. The van der Waals surface area contributed by atoms with Gasteiger partial charge in [0.25, 0.3) is 0 Å². The summed E-state index contributed by atoms with van der Waals surface area (Å²) in [5.74, 6) is 0.243. The summed E-state index contributed by atoms with van der Waals surface area (Å²) in [6.07, 6.45) is 3.68. The standard InChI is InChI=1S/C28H30O4/c1-3-28(30)32-18-16-26-20-25(14-15-27(26)31-19-17-29)24-12-10-23(11-13-24)9-8-22-6-4-21(2)5-7-22/h3-7,10-15,20,29H,1,8-9,16-19H2,2H3. The van der Waals surface area contributed by atoms with E-state index in [-0.39, 0.29) is 19.8 Å². The fraction of sp³-hybridized carbons (Fsp3) is 0.250. The number of ether oxygens (including phenoxy) is 2. The first kappa shape index (κ1) is 23.3. The first-order chi connectivity index (χ1) is 15.6. The van der Waals surface area contributed by atoms with Gasteiger partial charge in [-0.25, -0.2) is 4.79 Å². The third kappa shape index (κ3) is 6.82. The molecule has 0 radical (unpaired) electrons. The molecule has 4 heteroatoms. The van der Waals surface area contributed by atoms with E-state index < -0.39 is 5.97 Å². The topological polar surface area (TPSA) is 55.8 Å². The molecule has 0 bridgehead atoms. The molecule has 0 aliphatic rings. The van der Waals surface area contributed by atoms with Crippen LogP contribution in [0.25, 0.3) is 11.1 Å². The lowest BCUT2D eigenvalue weighted by molar-refractivity contribution is -0.137. The van der Waals surface area contributed by atoms with Crippen molar-refractivity contribution in [1.82, 2.24) is 0 Å². The summed E-state index contributed by atoms with van der Waals surface area (Å²) < 4.78 is 10.8. The highest BCUT2D eigenvalue weighted by molar-refractivity contribution is 5.81. The number of hydrogen-bond donors (Lipinski definition) is 1. The van der Waals surface area contributed by atoms with Gasteiger partial charge in [-0.1, -0.05) is 66.7 Å². The molecule has 0 spiro atoms. The predicted octanol–water partition coefficient (Wildman–Crippen LogP) is 5.09. The van der Waals surface area contributed by atoms with Crippen molar-refractivity contribution in [3.8, 4) is 16.9 Å². The lowest BCUT2D eigenvalue weighted by Gasteiger charge is -2.13. The highest BCUT2D eigenvalue weighted by Crippen LogP contribution is 2.28. The van der Waals surface area contributed by atoms with Crippen LogP contribution in [0.1, 0.15) is 22.3 Å². The zero-order valence-corrected chi connectivity index (χ0v) is 18.5. The lowest BCUT2D eigenvalue weighted by atomic mass is 9.98. The Morgan fingerprint density at radius 2 is 1.50 bits per heavy atom. The average molecular weight is 431 g/mol. The number of hydrogen-bond acceptors (Lipinski definition) is 4. The Hall–Kier alpha value is -3.37. The Balaban J connectivity index is 1.69. The van der Waals surface area contributed by atoms with Crippen LogP contribution in [0.5, 0.6) is 5.75 Å². The first-order valence-electron chi connectivity index (χ1n) is 10.9. The SMILES string of the molecule is C=CC(=O)OCCc1cc(-c2ccc(CCc3ccc(C)cc3)cc2)ccc1OCCO. The number of carbonyl (C=O) groups is 1. The monoisotopic (exact) mass is 430 g/mol. The van der Waals surface area contributed by atoms with Gasteiger partial charge in [0.1, 0.15) is 12.4 Å². The molecule has 0 unspecified atom stereocenters. The van der Waals surface area contributed by atoms with Gasteiger partial charge in [-0.15, -0.1) is 0 Å². The third-order valence-corrected chi connectivity index (χ3v) is 5.30. The second-order valence-corrected chi connectivity index (χ2v) is 7.70. The summed E-state index contributed by atoms with van der Waals surface area (Å²) >= 11 is 0. The highest BCUT2D eigenvalue weighted by atomic mass is 16.5. The molecule has 0 saturated carbocycles. The van der Waals surface area contributed by atoms with Crippen LogP contribution in [0.15, 0.2) is 79.4 Å². The number of aliphatic hydroxyl groups is 1. The van der Waals surface area contributed by atoms with Crippen molar-refractivity contribution in [3.63, 3.8) is 0 Å². The van der Waals surface area contributed by atoms with E-state index in [9.17, 15) is 4.79 Å². The maximum absolute atomic E-state index is 11.3. The van der Waals surface area contributed by atoms with Crippen molar-refractivity contribution in [2.24, 2.45) is 0 Å². The molecule has 3 aromatic carbocycles. The quantitative estimate of drug-likeness (QED) is 0.340. The predicted molar refractivity (Wildman–Crippen MR) is 128 cm³/mol. The van der Waals surface area contributed by atoms with E-state index in [1.165, 1.54) is 16.7 Å². The molecule has 0 amide bonds. The first-order valence-corrected chi connectivity index (χ1v) is 10.9. The highest BCUT2D eigenvalue weighted by Gasteiger charge is 2.09. The van der Waals surface area contributed by atoms with Gasteiger partial charge in [-0.05, 0) is 59.7 Å². The van der Waals surface area contributed by atoms with Crippen molar-refractivity contribution < 1.29 is 19.4 Å². The molecule has 166 valence electrons. The zero-order valence-electron chi connectivity index (χ0n) is 18.5. The van der Waals surface area contributed by atoms with Gasteiger partial charge in [0.15, 0.2) is 0 Å². The van der Waals surface area contributed by atoms with Gasteiger partial charge >= 0.3 is 5.97 Å². The van der Waals surface area contributed by atoms with E-state index in [4.69, 9.17) is 14.6 Å². The molecule has 0 fully saturated rings. The van der Waals surface area contributed by atoms with E-state index in [0.717, 1.165) is 35.6 Å². The maximum Gasteiger partial charge on any atom is 0.330 e. The average Bonchev–Trinajstić information content (AvgIpc) is 2.83. The molecule has 1 N–H and O–H groups in total. The summed E-state index contributed by atoms with van der Waals surface area (Å²) in [6.45, 7) is 5.91. The van der Waals surface area contributed by atoms with Gasteiger partial charge in [-0.3, -0.25) is 0 Å². The van der Waals surface area contributed by atoms with Crippen molar-refractivity contribution in [2.75, 3.05) is 19.8 Å². The number of carbonyl (C=O) groups excluding carboxylic acids is 1. The fourth-order valence-corrected chi connectivity index (χ4v) is 3.48. The Morgan fingerprint density at radius 3 is 2.12 bits per heavy atom. The Bertz CT molecular complexity index is 1020. The van der Waals surface area contributed by atoms with Crippen LogP contribution in [0, 0.1) is 6.92 Å². The second kappa shape index (κ2) is 11.9. The third-order valence-electron chi connectivity index (χ3n) is 5.30. The fourth-order valence-electron chi connectivity index (χ4n) is 3.48. The van der Waals surface area contributed by atoms with E-state index >= 15 is 0 Å². The van der Waals surface area contributed by atoms with Gasteiger partial charge in [0, 0.05) is 12.5 Å². The van der Waals surface area contributed by atoms with Crippen molar-refractivity contribution in [1.29, 1.82) is 0 Å². The minimum atomic E-state index is -0.444. The van der Waals surface area contributed by atoms with E-state index in [1.54, 1.807) is 0 Å². The molecule has 0 saturated heterocycles. The van der Waals surface area contributed by atoms with E-state index in [1.807, 2.05) is 12.1 Å². The molecular formula is C28H30O4. The molecular weight excluding hydrogens is 400 g/mol. The number of esters is 1. The van der Waals surface area contributed by atoms with Crippen LogP contribution in [0.3, 0.4) is 0 Å². The van der Waals surface area contributed by atoms with Crippen LogP contribution >= 0.6 is 0 Å². The Kier molecular flexibility index (Phi) is 8.64. The van der Waals surface area contributed by atoms with Gasteiger partial charge in [0.2, 0.25) is 0 Å². The molecule has 3 rings (SSSR count). The Morgan fingerprint density at radius 1 is 0.875 bits per heavy atom. The van der Waals surface area contributed by atoms with Crippen LogP contribution in [0.2, 0.25) is 0 Å². The number of aliphatic hydroxyl groups excluding tert-OH is 1. The molecule has 32 heavy (non-hydrogen) atoms. The molecule has 0 aromatic heterocycles. The van der Waals surface area contributed by atoms with Crippen molar-refractivity contribution in [3.05, 3.63) is 102 Å². The minimum Gasteiger partial charge on any atom is -0.491 e. The molecule has 3 aromatic rings. The van der Waals surface area contributed by atoms with Crippen molar-refractivity contribution >= 4 is 5.97 Å². The zero-order chi connectivity index (χ0) is 22.8. The number of benzene rings is 3. The van der Waals surface area contributed by atoms with Crippen LogP contribution < -0.4 is 4.74 Å². The molecule has 0 heterocycles. The second-order valence-electron chi connectivity index (χ2n) is 7.70. The van der Waals surface area contributed by atoms with Crippen LogP contribution in [-0.4, -0.2) is 30.9 Å². The van der Waals surface area contributed by atoms with Gasteiger partial charge < -0.3 is 14.6 Å². The summed E-state index contributed by atoms with van der Waals surface area (Å²) in [7, 11) is 0. The number of rotatable bonds is 11. The van der Waals surface area contributed by atoms with E-state index in [2.05, 4.69) is 68.1 Å². The van der Waals surface area contributed by atoms with Gasteiger partial charge in [0.05, 0.1) is 13.2 Å². The van der Waals surface area contributed by atoms with Crippen LogP contribution in [0.4, 0.5) is 0 Å². The smallest absolute Gasteiger partial charge is 0.330 e. The molecule has 0 aliphatic carbocycles. The summed E-state index contributed by atoms with van der Waals surface area (Å²) in [5, 5.41) is 9.08. The molecule has 0 atom stereocenters. The summed E-state index contributed by atoms with van der Waals surface area (Å²) in [5.41, 5.74) is 7.03. The largest absolute Gasteiger partial charge is 0.491 e. The Labute approximate surface area is 190 Å². The normalized spacial score (nSPS) is 10.6. The number of aryl methyl sites for hydroxylation is 3. The minimum absolute atomic E-state index is 0.0588. The summed E-state index contributed by atoms with van der Waals surface area (Å²) in [4.78, 5) is 11.3. The molecule has 0 aliphatic heterocycles. The molecule has 4 nitrogen and oxygen atoms in total. The van der Waals surface area contributed by atoms with Crippen LogP contribution in [-0.2, 0) is 28.8 Å².